The van der Waals surface area contributed by atoms with Gasteiger partial charge in [0.2, 0.25) is 0 Å². The number of hydrogen-bond donors (Lipinski definition) is 0. The largest absolute Gasteiger partial charge is 0.466 e. The molecular weight excluding hydrogens is 272 g/mol. The van der Waals surface area contributed by atoms with Crippen LogP contribution in [-0.2, 0) is 14.3 Å². The molecule has 0 saturated carbocycles. The fourth-order valence-electron chi connectivity index (χ4n) is 1.40. The van der Waals surface area contributed by atoms with Crippen LogP contribution in [0.1, 0.15) is 24.8 Å². The Labute approximate surface area is 103 Å². The van der Waals surface area contributed by atoms with Gasteiger partial charge in [0.25, 0.3) is 0 Å². The summed E-state index contributed by atoms with van der Waals surface area (Å²) in [6, 6.07) is 7.31. The summed E-state index contributed by atoms with van der Waals surface area (Å²) in [6.45, 7) is 2.07. The molecule has 0 aromatic heterocycles. The van der Waals surface area contributed by atoms with Crippen molar-refractivity contribution < 1.29 is 14.3 Å². The van der Waals surface area contributed by atoms with Crippen LogP contribution in [0.2, 0.25) is 0 Å². The highest BCUT2D eigenvalue weighted by molar-refractivity contribution is 9.10. The van der Waals surface area contributed by atoms with Crippen LogP contribution in [0.4, 0.5) is 0 Å². The highest BCUT2D eigenvalue weighted by atomic mass is 79.9. The zero-order valence-corrected chi connectivity index (χ0v) is 10.6. The molecule has 1 aromatic rings. The summed E-state index contributed by atoms with van der Waals surface area (Å²) in [5.41, 5.74) is 0.800. The Kier molecular flexibility index (Phi) is 5.19. The van der Waals surface area contributed by atoms with Crippen LogP contribution in [0, 0.1) is 0 Å². The SMILES string of the molecule is CCOC(=O)C(CC=O)c1ccc(Br)cc1. The van der Waals surface area contributed by atoms with E-state index >= 15 is 0 Å². The third-order valence-corrected chi connectivity index (χ3v) is 2.70. The van der Waals surface area contributed by atoms with Crippen molar-refractivity contribution in [3.63, 3.8) is 0 Å². The highest BCUT2D eigenvalue weighted by Gasteiger charge is 2.21. The van der Waals surface area contributed by atoms with Gasteiger partial charge in [-0.05, 0) is 24.6 Å². The van der Waals surface area contributed by atoms with Crippen molar-refractivity contribution in [2.24, 2.45) is 0 Å². The summed E-state index contributed by atoms with van der Waals surface area (Å²) < 4.78 is 5.87. The van der Waals surface area contributed by atoms with Gasteiger partial charge in [-0.25, -0.2) is 0 Å². The molecule has 0 saturated heterocycles. The van der Waals surface area contributed by atoms with Crippen LogP contribution in [-0.4, -0.2) is 18.9 Å². The van der Waals surface area contributed by atoms with E-state index in [1.165, 1.54) is 0 Å². The van der Waals surface area contributed by atoms with Crippen molar-refractivity contribution in [3.8, 4) is 0 Å². The average molecular weight is 285 g/mol. The molecule has 1 rings (SSSR count). The number of esters is 1. The lowest BCUT2D eigenvalue weighted by molar-refractivity contribution is -0.145. The van der Waals surface area contributed by atoms with Gasteiger partial charge in [0.15, 0.2) is 0 Å². The number of rotatable bonds is 5. The summed E-state index contributed by atoms with van der Waals surface area (Å²) in [5.74, 6) is -0.845. The normalized spacial score (nSPS) is 11.9. The maximum absolute atomic E-state index is 11.6. The zero-order valence-electron chi connectivity index (χ0n) is 8.98. The molecule has 16 heavy (non-hydrogen) atoms. The Morgan fingerprint density at radius 1 is 1.44 bits per heavy atom. The average Bonchev–Trinajstić information content (AvgIpc) is 2.28. The standard InChI is InChI=1S/C12H13BrO3/c1-2-16-12(15)11(7-8-14)9-3-5-10(13)6-4-9/h3-6,8,11H,2,7H2,1H3. The number of carbonyl (C=O) groups excluding carboxylic acids is 2. The predicted molar refractivity (Wildman–Crippen MR) is 64.2 cm³/mol. The Bertz CT molecular complexity index is 359. The molecule has 0 heterocycles. The Morgan fingerprint density at radius 3 is 2.56 bits per heavy atom. The molecule has 0 radical (unpaired) electrons. The molecule has 0 N–H and O–H groups in total. The smallest absolute Gasteiger partial charge is 0.313 e. The summed E-state index contributed by atoms with van der Waals surface area (Å²) in [4.78, 5) is 22.2. The molecule has 0 bridgehead atoms. The quantitative estimate of drug-likeness (QED) is 0.617. The number of carbonyl (C=O) groups is 2. The maximum atomic E-state index is 11.6. The van der Waals surface area contributed by atoms with Crippen molar-refractivity contribution in [2.75, 3.05) is 6.61 Å². The second kappa shape index (κ2) is 6.43. The lowest BCUT2D eigenvalue weighted by Gasteiger charge is -2.13. The topological polar surface area (TPSA) is 43.4 Å². The predicted octanol–water partition coefficient (Wildman–Crippen LogP) is 2.68. The van der Waals surface area contributed by atoms with E-state index in [2.05, 4.69) is 15.9 Å². The molecule has 3 nitrogen and oxygen atoms in total. The van der Waals surface area contributed by atoms with E-state index < -0.39 is 5.92 Å². The van der Waals surface area contributed by atoms with E-state index in [-0.39, 0.29) is 12.4 Å². The Hall–Kier alpha value is -1.16. The second-order valence-corrected chi connectivity index (χ2v) is 4.17. The molecule has 1 atom stereocenters. The summed E-state index contributed by atoms with van der Waals surface area (Å²) in [6.07, 6.45) is 0.893. The molecular formula is C12H13BrO3. The third-order valence-electron chi connectivity index (χ3n) is 2.18. The van der Waals surface area contributed by atoms with Crippen molar-refractivity contribution in [1.82, 2.24) is 0 Å². The van der Waals surface area contributed by atoms with Gasteiger partial charge in [0, 0.05) is 10.9 Å². The molecule has 0 aliphatic heterocycles. The number of halogens is 1. The minimum atomic E-state index is -0.495. The van der Waals surface area contributed by atoms with Crippen molar-refractivity contribution >= 4 is 28.2 Å². The number of aldehydes is 1. The first kappa shape index (κ1) is 12.9. The van der Waals surface area contributed by atoms with Gasteiger partial charge in [0.05, 0.1) is 12.5 Å². The van der Waals surface area contributed by atoms with E-state index in [1.54, 1.807) is 6.92 Å². The fourth-order valence-corrected chi connectivity index (χ4v) is 1.67. The Balaban J connectivity index is 2.88. The van der Waals surface area contributed by atoms with E-state index in [1.807, 2.05) is 24.3 Å². The minimum absolute atomic E-state index is 0.153. The van der Waals surface area contributed by atoms with Crippen LogP contribution in [0.5, 0.6) is 0 Å². The van der Waals surface area contributed by atoms with Gasteiger partial charge >= 0.3 is 5.97 Å². The fraction of sp³-hybridized carbons (Fsp3) is 0.333. The monoisotopic (exact) mass is 284 g/mol. The molecule has 0 amide bonds. The molecule has 0 aliphatic rings. The van der Waals surface area contributed by atoms with Crippen LogP contribution in [0.25, 0.3) is 0 Å². The summed E-state index contributed by atoms with van der Waals surface area (Å²) in [7, 11) is 0. The molecule has 1 unspecified atom stereocenters. The first-order valence-corrected chi connectivity index (χ1v) is 5.84. The van der Waals surface area contributed by atoms with Crippen LogP contribution in [0.3, 0.4) is 0 Å². The highest BCUT2D eigenvalue weighted by Crippen LogP contribution is 2.22. The van der Waals surface area contributed by atoms with Gasteiger partial charge in [-0.2, -0.15) is 0 Å². The van der Waals surface area contributed by atoms with Crippen molar-refractivity contribution in [3.05, 3.63) is 34.3 Å². The number of ether oxygens (including phenoxy) is 1. The molecule has 1 aromatic carbocycles. The molecule has 0 spiro atoms. The number of benzene rings is 1. The van der Waals surface area contributed by atoms with Gasteiger partial charge in [0.1, 0.15) is 6.29 Å². The summed E-state index contributed by atoms with van der Waals surface area (Å²) in [5, 5.41) is 0. The van der Waals surface area contributed by atoms with Crippen LogP contribution < -0.4 is 0 Å². The first-order chi connectivity index (χ1) is 7.69. The van der Waals surface area contributed by atoms with E-state index in [4.69, 9.17) is 4.74 Å². The molecule has 0 aliphatic carbocycles. The van der Waals surface area contributed by atoms with Gasteiger partial charge < -0.3 is 9.53 Å². The molecule has 86 valence electrons. The van der Waals surface area contributed by atoms with Gasteiger partial charge in [-0.1, -0.05) is 28.1 Å². The molecule has 4 heteroatoms. The first-order valence-electron chi connectivity index (χ1n) is 5.04. The maximum Gasteiger partial charge on any atom is 0.313 e. The minimum Gasteiger partial charge on any atom is -0.466 e. The third kappa shape index (κ3) is 3.45. The van der Waals surface area contributed by atoms with E-state index in [9.17, 15) is 9.59 Å². The summed E-state index contributed by atoms with van der Waals surface area (Å²) >= 11 is 3.32. The van der Waals surface area contributed by atoms with Crippen molar-refractivity contribution in [1.29, 1.82) is 0 Å². The van der Waals surface area contributed by atoms with Gasteiger partial charge in [-0.3, -0.25) is 4.79 Å². The van der Waals surface area contributed by atoms with Crippen LogP contribution >= 0.6 is 15.9 Å². The van der Waals surface area contributed by atoms with Gasteiger partial charge in [-0.15, -0.1) is 0 Å². The molecule has 0 fully saturated rings. The lowest BCUT2D eigenvalue weighted by atomic mass is 9.96. The van der Waals surface area contributed by atoms with E-state index in [0.717, 1.165) is 16.3 Å². The van der Waals surface area contributed by atoms with E-state index in [0.29, 0.717) is 6.61 Å². The lowest BCUT2D eigenvalue weighted by Crippen LogP contribution is -2.16. The zero-order chi connectivity index (χ0) is 12.0. The Morgan fingerprint density at radius 2 is 2.06 bits per heavy atom. The van der Waals surface area contributed by atoms with Crippen LogP contribution in [0.15, 0.2) is 28.7 Å². The second-order valence-electron chi connectivity index (χ2n) is 3.26. The number of hydrogen-bond acceptors (Lipinski definition) is 3. The van der Waals surface area contributed by atoms with Crippen molar-refractivity contribution in [2.45, 2.75) is 19.3 Å².